The molecular weight excluding hydrogens is 278 g/mol. The van der Waals surface area contributed by atoms with Crippen molar-refractivity contribution in [1.82, 2.24) is 5.32 Å². The maximum atomic E-state index is 11.8. The van der Waals surface area contributed by atoms with E-state index in [1.165, 1.54) is 7.11 Å². The largest absolute Gasteiger partial charge is 0.480 e. The predicted octanol–water partition coefficient (Wildman–Crippen LogP) is 0.564. The Balaban J connectivity index is 1.84. The highest BCUT2D eigenvalue weighted by atomic mass is 16.7. The number of methoxy groups -OCH3 is 1. The monoisotopic (exact) mass is 295 g/mol. The van der Waals surface area contributed by atoms with Crippen molar-refractivity contribution in [3.05, 3.63) is 23.8 Å². The molecule has 7 nitrogen and oxygen atoms in total. The molecule has 2 N–H and O–H groups in total. The molecule has 1 aliphatic rings. The molecule has 114 valence electrons. The zero-order valence-corrected chi connectivity index (χ0v) is 11.6. The molecule has 0 fully saturated rings. The van der Waals surface area contributed by atoms with Gasteiger partial charge in [-0.15, -0.1) is 0 Å². The van der Waals surface area contributed by atoms with E-state index in [9.17, 15) is 9.59 Å². The Morgan fingerprint density at radius 2 is 2.14 bits per heavy atom. The first kappa shape index (κ1) is 15.1. The summed E-state index contributed by atoms with van der Waals surface area (Å²) in [4.78, 5) is 22.7. The summed E-state index contributed by atoms with van der Waals surface area (Å²) in [5.74, 6) is -0.102. The second-order valence-corrected chi connectivity index (χ2v) is 4.60. The van der Waals surface area contributed by atoms with Gasteiger partial charge in [-0.1, -0.05) is 6.07 Å². The molecule has 0 saturated carbocycles. The second-order valence-electron chi connectivity index (χ2n) is 4.60. The highest BCUT2D eigenvalue weighted by Gasteiger charge is 2.19. The molecule has 0 saturated heterocycles. The van der Waals surface area contributed by atoms with Gasteiger partial charge >= 0.3 is 5.97 Å². The number of carboxylic acids is 1. The topological polar surface area (TPSA) is 94.1 Å². The summed E-state index contributed by atoms with van der Waals surface area (Å²) in [7, 11) is 1.38. The van der Waals surface area contributed by atoms with Crippen LogP contribution in [0.25, 0.3) is 0 Å². The molecule has 0 aromatic heterocycles. The van der Waals surface area contributed by atoms with E-state index in [2.05, 4.69) is 5.32 Å². The summed E-state index contributed by atoms with van der Waals surface area (Å²) in [6, 6.07) is 4.43. The van der Waals surface area contributed by atoms with Gasteiger partial charge in [-0.3, -0.25) is 4.79 Å². The van der Waals surface area contributed by atoms with E-state index >= 15 is 0 Å². The molecule has 1 atom stereocenters. The average Bonchev–Trinajstić information content (AvgIpc) is 2.92. The number of fused-ring (bicyclic) bond motifs is 1. The van der Waals surface area contributed by atoms with Crippen LogP contribution in [-0.4, -0.2) is 43.5 Å². The molecule has 0 aliphatic carbocycles. The minimum atomic E-state index is -1.12. The van der Waals surface area contributed by atoms with Gasteiger partial charge in [0, 0.05) is 13.5 Å². The number of carbonyl (C=O) groups excluding carboxylic acids is 1. The van der Waals surface area contributed by atoms with E-state index in [-0.39, 0.29) is 25.7 Å². The first-order valence-corrected chi connectivity index (χ1v) is 6.50. The number of hydrogen-bond acceptors (Lipinski definition) is 5. The number of nitrogens with one attached hydrogen (secondary N) is 1. The van der Waals surface area contributed by atoms with Gasteiger partial charge in [0.15, 0.2) is 17.5 Å². The number of carbonyl (C=O) groups is 2. The van der Waals surface area contributed by atoms with Gasteiger partial charge in [-0.2, -0.15) is 0 Å². The minimum Gasteiger partial charge on any atom is -0.480 e. The highest BCUT2D eigenvalue weighted by Crippen LogP contribution is 2.32. The Labute approximate surface area is 121 Å². The summed E-state index contributed by atoms with van der Waals surface area (Å²) in [6.45, 7) is 0.141. The van der Waals surface area contributed by atoms with Gasteiger partial charge in [0.1, 0.15) is 0 Å². The van der Waals surface area contributed by atoms with Crippen LogP contribution in [0.2, 0.25) is 0 Å². The first-order chi connectivity index (χ1) is 10.1. The molecule has 0 bridgehead atoms. The summed E-state index contributed by atoms with van der Waals surface area (Å²) in [5, 5.41) is 11.3. The number of amides is 1. The molecule has 1 unspecified atom stereocenters. The van der Waals surface area contributed by atoms with Crippen molar-refractivity contribution in [2.75, 3.05) is 20.5 Å². The molecule has 1 heterocycles. The molecule has 0 spiro atoms. The second kappa shape index (κ2) is 6.94. The maximum absolute atomic E-state index is 11.8. The molecule has 1 aromatic carbocycles. The first-order valence-electron chi connectivity index (χ1n) is 6.50. The summed E-state index contributed by atoms with van der Waals surface area (Å²) >= 11 is 0. The summed E-state index contributed by atoms with van der Waals surface area (Å²) < 4.78 is 15.2. The van der Waals surface area contributed by atoms with Crippen LogP contribution in [0.5, 0.6) is 11.5 Å². The predicted molar refractivity (Wildman–Crippen MR) is 72.3 cm³/mol. The molecular formula is C14H17NO6. The zero-order valence-electron chi connectivity index (χ0n) is 11.6. The van der Waals surface area contributed by atoms with Gasteiger partial charge in [0.25, 0.3) is 0 Å². The number of aliphatic carboxylic acids is 1. The van der Waals surface area contributed by atoms with Crippen molar-refractivity contribution >= 4 is 11.9 Å². The molecule has 1 aromatic rings. The molecule has 2 rings (SSSR count). The fourth-order valence-electron chi connectivity index (χ4n) is 1.96. The third-order valence-electron chi connectivity index (χ3n) is 3.04. The van der Waals surface area contributed by atoms with Crippen LogP contribution in [0.1, 0.15) is 12.0 Å². The molecule has 1 aliphatic heterocycles. The fraction of sp³-hybridized carbons (Fsp3) is 0.429. The van der Waals surface area contributed by atoms with Crippen LogP contribution in [-0.2, 0) is 20.7 Å². The molecule has 7 heteroatoms. The van der Waals surface area contributed by atoms with Gasteiger partial charge < -0.3 is 24.6 Å². The summed E-state index contributed by atoms with van der Waals surface area (Å²) in [6.07, 6.45) is 0.676. The quantitative estimate of drug-likeness (QED) is 0.763. The lowest BCUT2D eigenvalue weighted by atomic mass is 10.1. The van der Waals surface area contributed by atoms with Gasteiger partial charge in [-0.05, 0) is 24.1 Å². The van der Waals surface area contributed by atoms with Gasteiger partial charge in [-0.25, -0.2) is 4.79 Å². The van der Waals surface area contributed by atoms with Crippen LogP contribution >= 0.6 is 0 Å². The van der Waals surface area contributed by atoms with Gasteiger partial charge in [0.05, 0.1) is 6.61 Å². The van der Waals surface area contributed by atoms with E-state index in [0.717, 1.165) is 5.56 Å². The fourth-order valence-corrected chi connectivity index (χ4v) is 1.96. The Kier molecular flexibility index (Phi) is 4.99. The Morgan fingerprint density at radius 3 is 2.86 bits per heavy atom. The lowest BCUT2D eigenvalue weighted by Gasteiger charge is -2.13. The number of benzene rings is 1. The third-order valence-corrected chi connectivity index (χ3v) is 3.04. The van der Waals surface area contributed by atoms with Crippen LogP contribution in [0.4, 0.5) is 0 Å². The number of ether oxygens (including phenoxy) is 3. The van der Waals surface area contributed by atoms with Crippen LogP contribution in [0.15, 0.2) is 18.2 Å². The standard InChI is InChI=1S/C14H17NO6/c1-19-7-10(14(17)18)15-13(16)5-3-9-2-4-11-12(6-9)21-8-20-11/h2,4,6,10H,3,5,7-8H2,1H3,(H,15,16)(H,17,18). The number of aryl methyl sites for hydroxylation is 1. The van der Waals surface area contributed by atoms with Crippen molar-refractivity contribution in [1.29, 1.82) is 0 Å². The number of carboxylic acid groups (broad SMARTS) is 1. The smallest absolute Gasteiger partial charge is 0.328 e. The Bertz CT molecular complexity index is 530. The lowest BCUT2D eigenvalue weighted by Crippen LogP contribution is -2.43. The Hall–Kier alpha value is -2.28. The van der Waals surface area contributed by atoms with E-state index in [1.807, 2.05) is 12.1 Å². The molecule has 21 heavy (non-hydrogen) atoms. The van der Waals surface area contributed by atoms with Gasteiger partial charge in [0.2, 0.25) is 12.7 Å². The van der Waals surface area contributed by atoms with Crippen LogP contribution in [0.3, 0.4) is 0 Å². The van der Waals surface area contributed by atoms with Crippen molar-refractivity contribution in [2.24, 2.45) is 0 Å². The van der Waals surface area contributed by atoms with Crippen LogP contribution < -0.4 is 14.8 Å². The van der Waals surface area contributed by atoms with Crippen molar-refractivity contribution in [3.63, 3.8) is 0 Å². The lowest BCUT2D eigenvalue weighted by molar-refractivity contribution is -0.143. The third kappa shape index (κ3) is 4.09. The summed E-state index contributed by atoms with van der Waals surface area (Å²) in [5.41, 5.74) is 0.924. The Morgan fingerprint density at radius 1 is 1.38 bits per heavy atom. The van der Waals surface area contributed by atoms with Crippen molar-refractivity contribution in [3.8, 4) is 11.5 Å². The van der Waals surface area contributed by atoms with E-state index in [0.29, 0.717) is 17.9 Å². The number of hydrogen-bond donors (Lipinski definition) is 2. The zero-order chi connectivity index (χ0) is 15.2. The normalized spacial score (nSPS) is 13.8. The highest BCUT2D eigenvalue weighted by molar-refractivity contribution is 5.83. The van der Waals surface area contributed by atoms with E-state index in [1.54, 1.807) is 6.07 Å². The maximum Gasteiger partial charge on any atom is 0.328 e. The van der Waals surface area contributed by atoms with Crippen molar-refractivity contribution in [2.45, 2.75) is 18.9 Å². The SMILES string of the molecule is COCC(NC(=O)CCc1ccc2c(c1)OCO2)C(=O)O. The molecule has 1 amide bonds. The minimum absolute atomic E-state index is 0.0644. The average molecular weight is 295 g/mol. The van der Waals surface area contributed by atoms with Crippen LogP contribution in [0, 0.1) is 0 Å². The molecule has 0 radical (unpaired) electrons. The van der Waals surface area contributed by atoms with Crippen molar-refractivity contribution < 1.29 is 28.9 Å². The van der Waals surface area contributed by atoms with E-state index < -0.39 is 12.0 Å². The number of rotatable bonds is 7. The van der Waals surface area contributed by atoms with E-state index in [4.69, 9.17) is 19.3 Å².